The molecule has 1 aliphatic heterocycles. The van der Waals surface area contributed by atoms with E-state index in [2.05, 4.69) is 15.2 Å². The Kier molecular flexibility index (Phi) is 3.12. The van der Waals surface area contributed by atoms with Gasteiger partial charge in [0.15, 0.2) is 5.69 Å². The number of carboxylic acid groups (broad SMARTS) is 1. The van der Waals surface area contributed by atoms with E-state index in [1.165, 1.54) is 11.3 Å². The highest BCUT2D eigenvalue weighted by Gasteiger charge is 2.27. The predicted octanol–water partition coefficient (Wildman–Crippen LogP) is 1.92. The number of nitrogens with one attached hydrogen (secondary N) is 1. The lowest BCUT2D eigenvalue weighted by Gasteiger charge is -2.26. The van der Waals surface area contributed by atoms with Gasteiger partial charge in [-0.25, -0.2) is 9.78 Å². The number of benzene rings is 1. The molecule has 0 bridgehead atoms. The number of hydrogen-bond acceptors (Lipinski definition) is 5. The summed E-state index contributed by atoms with van der Waals surface area (Å²) >= 11 is 1.50. The van der Waals surface area contributed by atoms with Crippen molar-refractivity contribution >= 4 is 33.4 Å². The van der Waals surface area contributed by atoms with Gasteiger partial charge in [-0.1, -0.05) is 0 Å². The van der Waals surface area contributed by atoms with E-state index in [1.807, 2.05) is 12.1 Å². The Labute approximate surface area is 134 Å². The lowest BCUT2D eigenvalue weighted by molar-refractivity contribution is 0.0689. The zero-order valence-corrected chi connectivity index (χ0v) is 12.8. The number of aromatic carboxylic acids is 1. The number of aromatic nitrogens is 3. The zero-order chi connectivity index (χ0) is 16.0. The van der Waals surface area contributed by atoms with Gasteiger partial charge in [-0.2, -0.15) is 5.10 Å². The number of carbonyl (C=O) groups is 2. The third-order valence-corrected chi connectivity index (χ3v) is 4.79. The molecule has 0 radical (unpaired) electrons. The first-order valence-electron chi connectivity index (χ1n) is 7.05. The maximum Gasteiger partial charge on any atom is 0.356 e. The second kappa shape index (κ2) is 5.17. The van der Waals surface area contributed by atoms with Gasteiger partial charge in [0, 0.05) is 17.7 Å². The Morgan fingerprint density at radius 3 is 3.04 bits per heavy atom. The molecule has 8 heteroatoms. The molecule has 1 aromatic carbocycles. The first-order valence-corrected chi connectivity index (χ1v) is 7.93. The Hall–Kier alpha value is -2.74. The van der Waals surface area contributed by atoms with E-state index >= 15 is 0 Å². The molecule has 116 valence electrons. The van der Waals surface area contributed by atoms with Crippen LogP contribution in [0.5, 0.6) is 0 Å². The summed E-state index contributed by atoms with van der Waals surface area (Å²) in [5.41, 5.74) is 4.69. The standard InChI is InChI=1S/C15H12N4O3S/c20-14(8-1-2-10-12(5-8)23-7-16-10)19-4-3-9-11(6-19)17-18-13(9)15(21)22/h1-2,5,7H,3-4,6H2,(H,17,18)(H,21,22). The van der Waals surface area contributed by atoms with Crippen LogP contribution in [-0.4, -0.2) is 43.6 Å². The summed E-state index contributed by atoms with van der Waals surface area (Å²) < 4.78 is 0.975. The number of amides is 1. The Morgan fingerprint density at radius 2 is 2.22 bits per heavy atom. The van der Waals surface area contributed by atoms with E-state index in [4.69, 9.17) is 5.11 Å². The fourth-order valence-electron chi connectivity index (χ4n) is 2.84. The normalized spacial score (nSPS) is 14.0. The smallest absolute Gasteiger partial charge is 0.356 e. The van der Waals surface area contributed by atoms with Crippen LogP contribution in [0.4, 0.5) is 0 Å². The number of carboxylic acids is 1. The highest BCUT2D eigenvalue weighted by molar-refractivity contribution is 7.16. The number of thiazole rings is 1. The van der Waals surface area contributed by atoms with Crippen LogP contribution >= 0.6 is 11.3 Å². The van der Waals surface area contributed by atoms with Gasteiger partial charge in [0.1, 0.15) is 0 Å². The van der Waals surface area contributed by atoms with Crippen LogP contribution in [0.2, 0.25) is 0 Å². The summed E-state index contributed by atoms with van der Waals surface area (Å²) in [7, 11) is 0. The lowest BCUT2D eigenvalue weighted by Crippen LogP contribution is -2.36. The molecule has 0 saturated heterocycles. The molecule has 3 aromatic rings. The molecule has 4 rings (SSSR count). The van der Waals surface area contributed by atoms with Crippen molar-refractivity contribution in [3.8, 4) is 0 Å². The molecule has 23 heavy (non-hydrogen) atoms. The molecule has 1 amide bonds. The molecular weight excluding hydrogens is 316 g/mol. The molecule has 3 heterocycles. The third kappa shape index (κ3) is 2.27. The van der Waals surface area contributed by atoms with Crippen LogP contribution in [0.15, 0.2) is 23.7 Å². The van der Waals surface area contributed by atoms with Crippen LogP contribution in [-0.2, 0) is 13.0 Å². The van der Waals surface area contributed by atoms with Gasteiger partial charge in [-0.15, -0.1) is 11.3 Å². The summed E-state index contributed by atoms with van der Waals surface area (Å²) in [5, 5.41) is 15.7. The zero-order valence-electron chi connectivity index (χ0n) is 11.9. The van der Waals surface area contributed by atoms with E-state index < -0.39 is 5.97 Å². The monoisotopic (exact) mass is 328 g/mol. The Balaban J connectivity index is 1.61. The number of nitrogens with zero attached hydrogens (tertiary/aromatic N) is 3. The highest BCUT2D eigenvalue weighted by atomic mass is 32.1. The summed E-state index contributed by atoms with van der Waals surface area (Å²) in [6, 6.07) is 5.46. The number of rotatable bonds is 2. The quantitative estimate of drug-likeness (QED) is 0.749. The number of carbonyl (C=O) groups excluding carboxylic acids is 1. The molecule has 7 nitrogen and oxygen atoms in total. The molecule has 0 spiro atoms. The minimum Gasteiger partial charge on any atom is -0.476 e. The predicted molar refractivity (Wildman–Crippen MR) is 83.6 cm³/mol. The largest absolute Gasteiger partial charge is 0.476 e. The summed E-state index contributed by atoms with van der Waals surface area (Å²) in [6.45, 7) is 0.821. The number of aromatic amines is 1. The van der Waals surface area contributed by atoms with Crippen LogP contribution in [0.25, 0.3) is 10.2 Å². The van der Waals surface area contributed by atoms with Crippen molar-refractivity contribution in [1.29, 1.82) is 0 Å². The van der Waals surface area contributed by atoms with Crippen molar-refractivity contribution < 1.29 is 14.7 Å². The van der Waals surface area contributed by atoms with E-state index in [0.717, 1.165) is 10.2 Å². The van der Waals surface area contributed by atoms with Gasteiger partial charge in [-0.05, 0) is 24.6 Å². The molecule has 0 unspecified atom stereocenters. The van der Waals surface area contributed by atoms with Crippen LogP contribution < -0.4 is 0 Å². The number of hydrogen-bond donors (Lipinski definition) is 2. The topological polar surface area (TPSA) is 99.2 Å². The van der Waals surface area contributed by atoms with Gasteiger partial charge in [-0.3, -0.25) is 9.89 Å². The average molecular weight is 328 g/mol. The molecule has 0 fully saturated rings. The number of H-pyrrole nitrogens is 1. The second-order valence-corrected chi connectivity index (χ2v) is 6.23. The average Bonchev–Trinajstić information content (AvgIpc) is 3.19. The van der Waals surface area contributed by atoms with Crippen molar-refractivity contribution in [3.05, 3.63) is 46.2 Å². The van der Waals surface area contributed by atoms with Crippen molar-refractivity contribution in [3.63, 3.8) is 0 Å². The van der Waals surface area contributed by atoms with Crippen LogP contribution in [0, 0.1) is 0 Å². The van der Waals surface area contributed by atoms with Crippen molar-refractivity contribution in [2.75, 3.05) is 6.54 Å². The van der Waals surface area contributed by atoms with E-state index in [1.54, 1.807) is 16.5 Å². The highest BCUT2D eigenvalue weighted by Crippen LogP contribution is 2.24. The third-order valence-electron chi connectivity index (χ3n) is 4.00. The van der Waals surface area contributed by atoms with Crippen molar-refractivity contribution in [2.24, 2.45) is 0 Å². The van der Waals surface area contributed by atoms with E-state index in [9.17, 15) is 9.59 Å². The maximum absolute atomic E-state index is 12.7. The Bertz CT molecular complexity index is 930. The second-order valence-electron chi connectivity index (χ2n) is 5.35. The van der Waals surface area contributed by atoms with Crippen LogP contribution in [0.1, 0.15) is 32.1 Å². The van der Waals surface area contributed by atoms with Crippen molar-refractivity contribution in [2.45, 2.75) is 13.0 Å². The number of fused-ring (bicyclic) bond motifs is 2. The first kappa shape index (κ1) is 13.9. The lowest BCUT2D eigenvalue weighted by atomic mass is 10.0. The van der Waals surface area contributed by atoms with Gasteiger partial charge >= 0.3 is 5.97 Å². The SMILES string of the molecule is O=C(O)c1n[nH]c2c1CCN(C(=O)c1ccc3ncsc3c1)C2. The summed E-state index contributed by atoms with van der Waals surface area (Å²) in [4.78, 5) is 29.7. The maximum atomic E-state index is 12.7. The molecule has 0 atom stereocenters. The molecule has 2 aromatic heterocycles. The summed E-state index contributed by atoms with van der Waals surface area (Å²) in [6.07, 6.45) is 0.488. The fraction of sp³-hybridized carbons (Fsp3) is 0.200. The molecule has 0 saturated carbocycles. The Morgan fingerprint density at radius 1 is 1.35 bits per heavy atom. The minimum atomic E-state index is -1.04. The molecule has 1 aliphatic rings. The van der Waals surface area contributed by atoms with Crippen molar-refractivity contribution in [1.82, 2.24) is 20.1 Å². The van der Waals surface area contributed by atoms with E-state index in [-0.39, 0.29) is 11.6 Å². The van der Waals surface area contributed by atoms with Gasteiger partial charge in [0.2, 0.25) is 0 Å². The first-order chi connectivity index (χ1) is 11.1. The van der Waals surface area contributed by atoms with Gasteiger partial charge in [0.05, 0.1) is 28.0 Å². The summed E-state index contributed by atoms with van der Waals surface area (Å²) in [5.74, 6) is -1.12. The molecular formula is C15H12N4O3S. The molecule has 2 N–H and O–H groups in total. The minimum absolute atomic E-state index is 0.0539. The van der Waals surface area contributed by atoms with Gasteiger partial charge in [0.25, 0.3) is 5.91 Å². The van der Waals surface area contributed by atoms with E-state index in [0.29, 0.717) is 36.3 Å². The fourth-order valence-corrected chi connectivity index (χ4v) is 3.56. The molecule has 0 aliphatic carbocycles. The van der Waals surface area contributed by atoms with Gasteiger partial charge < -0.3 is 10.0 Å². The van der Waals surface area contributed by atoms with Crippen LogP contribution in [0.3, 0.4) is 0 Å².